The highest BCUT2D eigenvalue weighted by atomic mass is 16.5. The number of aliphatic hydroxyl groups is 1. The van der Waals surface area contributed by atoms with Crippen LogP contribution in [0.15, 0.2) is 66.9 Å². The van der Waals surface area contributed by atoms with Gasteiger partial charge in [-0.05, 0) is 18.2 Å². The van der Waals surface area contributed by atoms with Gasteiger partial charge in [0.1, 0.15) is 5.75 Å². The Hall–Kier alpha value is -2.72. The quantitative estimate of drug-likeness (QED) is 0.695. The highest BCUT2D eigenvalue weighted by Crippen LogP contribution is 2.32. The molecule has 0 radical (unpaired) electrons. The first-order valence-corrected chi connectivity index (χ1v) is 6.90. The number of rotatable bonds is 4. The number of hydrogen-bond acceptors (Lipinski definition) is 4. The van der Waals surface area contributed by atoms with Gasteiger partial charge in [-0.25, -0.2) is 0 Å². The van der Waals surface area contributed by atoms with Crippen molar-refractivity contribution in [1.29, 1.82) is 0 Å². The molecule has 1 N–H and O–H groups in total. The zero-order chi connectivity index (χ0) is 15.6. The van der Waals surface area contributed by atoms with E-state index in [0.29, 0.717) is 5.75 Å². The number of benzene rings is 2. The van der Waals surface area contributed by atoms with Crippen LogP contribution in [0.2, 0.25) is 0 Å². The Bertz CT molecular complexity index is 712. The fraction of sp³-hybridized carbons (Fsp3) is 0.111. The molecule has 0 atom stereocenters. The first-order valence-electron chi connectivity index (χ1n) is 6.90. The van der Waals surface area contributed by atoms with E-state index in [1.807, 2.05) is 18.2 Å². The number of ketones is 2. The zero-order valence-electron chi connectivity index (χ0n) is 11.7. The summed E-state index contributed by atoms with van der Waals surface area (Å²) < 4.78 is 5.34. The molecule has 0 saturated heterocycles. The Labute approximate surface area is 127 Å². The van der Waals surface area contributed by atoms with E-state index in [2.05, 4.69) is 0 Å². The minimum atomic E-state index is -2.03. The predicted octanol–water partition coefficient (Wildman–Crippen LogP) is 2.78. The van der Waals surface area contributed by atoms with Gasteiger partial charge in [-0.3, -0.25) is 9.59 Å². The molecular weight excluding hydrogens is 280 g/mol. The van der Waals surface area contributed by atoms with Crippen molar-refractivity contribution in [2.24, 2.45) is 0 Å². The maximum absolute atomic E-state index is 12.2. The molecule has 0 spiro atoms. The monoisotopic (exact) mass is 294 g/mol. The summed E-state index contributed by atoms with van der Waals surface area (Å²) in [5, 5.41) is 10.4. The Morgan fingerprint density at radius 2 is 1.45 bits per heavy atom. The van der Waals surface area contributed by atoms with Gasteiger partial charge in [0, 0.05) is 17.5 Å². The van der Waals surface area contributed by atoms with Crippen LogP contribution in [0.1, 0.15) is 27.1 Å². The summed E-state index contributed by atoms with van der Waals surface area (Å²) in [6.07, 6.45) is 2.73. The lowest BCUT2D eigenvalue weighted by molar-refractivity contribution is 0.0343. The molecule has 1 aliphatic carbocycles. The van der Waals surface area contributed by atoms with Crippen molar-refractivity contribution in [3.63, 3.8) is 0 Å². The van der Waals surface area contributed by atoms with E-state index in [9.17, 15) is 14.7 Å². The van der Waals surface area contributed by atoms with Gasteiger partial charge in [-0.15, -0.1) is 0 Å². The Kier molecular flexibility index (Phi) is 3.61. The van der Waals surface area contributed by atoms with Crippen LogP contribution in [0.5, 0.6) is 5.75 Å². The maximum atomic E-state index is 12.2. The smallest absolute Gasteiger partial charge is 0.203 e. The second kappa shape index (κ2) is 5.58. The van der Waals surface area contributed by atoms with Crippen LogP contribution in [0, 0.1) is 0 Å². The fourth-order valence-corrected chi connectivity index (χ4v) is 2.46. The summed E-state index contributed by atoms with van der Waals surface area (Å²) in [7, 11) is 0. The van der Waals surface area contributed by atoms with Crippen LogP contribution in [-0.4, -0.2) is 22.3 Å². The van der Waals surface area contributed by atoms with Gasteiger partial charge in [0.05, 0.1) is 6.26 Å². The number of fused-ring (bicyclic) bond motifs is 1. The molecule has 0 saturated carbocycles. The molecule has 22 heavy (non-hydrogen) atoms. The summed E-state index contributed by atoms with van der Waals surface area (Å²) in [6.45, 7) is 0. The predicted molar refractivity (Wildman–Crippen MR) is 80.9 cm³/mol. The van der Waals surface area contributed by atoms with Crippen molar-refractivity contribution in [1.82, 2.24) is 0 Å². The average Bonchev–Trinajstić information content (AvgIpc) is 2.75. The SMILES string of the molecule is O=C1c2ccccc2C(=O)C1(O)C/C=C\Oc1ccccc1. The number of carbonyl (C=O) groups is 2. The molecular formula is C18H14O4. The largest absolute Gasteiger partial charge is 0.465 e. The van der Waals surface area contributed by atoms with Crippen molar-refractivity contribution < 1.29 is 19.4 Å². The number of para-hydroxylation sites is 1. The molecule has 0 heterocycles. The lowest BCUT2D eigenvalue weighted by Gasteiger charge is -2.16. The first kappa shape index (κ1) is 14.2. The van der Waals surface area contributed by atoms with E-state index in [-0.39, 0.29) is 17.5 Å². The molecule has 0 bridgehead atoms. The van der Waals surface area contributed by atoms with E-state index in [1.165, 1.54) is 12.3 Å². The molecule has 1 aliphatic rings. The van der Waals surface area contributed by atoms with Gasteiger partial charge < -0.3 is 9.84 Å². The van der Waals surface area contributed by atoms with E-state index in [4.69, 9.17) is 4.74 Å². The normalized spacial score (nSPS) is 16.0. The molecule has 3 rings (SSSR count). The third-order valence-corrected chi connectivity index (χ3v) is 3.62. The van der Waals surface area contributed by atoms with Crippen LogP contribution >= 0.6 is 0 Å². The Morgan fingerprint density at radius 1 is 0.909 bits per heavy atom. The highest BCUT2D eigenvalue weighted by Gasteiger charge is 2.50. The summed E-state index contributed by atoms with van der Waals surface area (Å²) in [4.78, 5) is 24.5. The third kappa shape index (κ3) is 2.34. The van der Waals surface area contributed by atoms with Gasteiger partial charge in [0.2, 0.25) is 11.6 Å². The lowest BCUT2D eigenvalue weighted by atomic mass is 9.94. The van der Waals surface area contributed by atoms with Gasteiger partial charge in [-0.2, -0.15) is 0 Å². The van der Waals surface area contributed by atoms with Gasteiger partial charge in [0.15, 0.2) is 5.60 Å². The van der Waals surface area contributed by atoms with Crippen molar-refractivity contribution in [3.05, 3.63) is 78.1 Å². The van der Waals surface area contributed by atoms with Gasteiger partial charge in [-0.1, -0.05) is 42.5 Å². The summed E-state index contributed by atoms with van der Waals surface area (Å²) >= 11 is 0. The molecule has 0 aromatic heterocycles. The summed E-state index contributed by atoms with van der Waals surface area (Å²) in [5.41, 5.74) is -1.49. The first-order chi connectivity index (χ1) is 10.6. The number of Topliss-reactive ketones (excluding diaryl/α,β-unsaturated/α-hetero) is 2. The summed E-state index contributed by atoms with van der Waals surface area (Å²) in [6, 6.07) is 15.5. The number of hydrogen-bond donors (Lipinski definition) is 1. The number of ether oxygens (including phenoxy) is 1. The minimum absolute atomic E-state index is 0.119. The Balaban J connectivity index is 1.73. The van der Waals surface area contributed by atoms with Crippen molar-refractivity contribution in [2.75, 3.05) is 0 Å². The topological polar surface area (TPSA) is 63.6 Å². The molecule has 2 aromatic carbocycles. The fourth-order valence-electron chi connectivity index (χ4n) is 2.46. The van der Waals surface area contributed by atoms with E-state index < -0.39 is 17.2 Å². The van der Waals surface area contributed by atoms with Gasteiger partial charge in [0.25, 0.3) is 0 Å². The van der Waals surface area contributed by atoms with Crippen LogP contribution in [0.3, 0.4) is 0 Å². The second-order valence-electron chi connectivity index (χ2n) is 5.07. The van der Waals surface area contributed by atoms with Crippen LogP contribution in [0.25, 0.3) is 0 Å². The minimum Gasteiger partial charge on any atom is -0.465 e. The Morgan fingerprint density at radius 3 is 2.05 bits per heavy atom. The van der Waals surface area contributed by atoms with Crippen LogP contribution in [-0.2, 0) is 0 Å². The molecule has 4 heteroatoms. The highest BCUT2D eigenvalue weighted by molar-refractivity contribution is 6.31. The van der Waals surface area contributed by atoms with E-state index >= 15 is 0 Å². The standard InChI is InChI=1S/C18H14O4/c19-16-14-9-4-5-10-15(14)17(20)18(16,21)11-6-12-22-13-7-2-1-3-8-13/h1-10,12,21H,11H2/b12-6-. The average molecular weight is 294 g/mol. The van der Waals surface area contributed by atoms with E-state index in [0.717, 1.165) is 0 Å². The second-order valence-corrected chi connectivity index (χ2v) is 5.07. The van der Waals surface area contributed by atoms with Crippen LogP contribution in [0.4, 0.5) is 0 Å². The molecule has 0 unspecified atom stereocenters. The molecule has 0 aliphatic heterocycles. The lowest BCUT2D eigenvalue weighted by Crippen LogP contribution is -2.40. The van der Waals surface area contributed by atoms with Crippen molar-refractivity contribution in [3.8, 4) is 5.75 Å². The third-order valence-electron chi connectivity index (χ3n) is 3.62. The molecule has 110 valence electrons. The molecule has 4 nitrogen and oxygen atoms in total. The number of carbonyl (C=O) groups excluding carboxylic acids is 2. The molecule has 0 fully saturated rings. The molecule has 2 aromatic rings. The summed E-state index contributed by atoms with van der Waals surface area (Å²) in [5.74, 6) is -0.479. The van der Waals surface area contributed by atoms with Gasteiger partial charge >= 0.3 is 0 Å². The van der Waals surface area contributed by atoms with Crippen molar-refractivity contribution in [2.45, 2.75) is 12.0 Å². The zero-order valence-corrected chi connectivity index (χ0v) is 11.7. The van der Waals surface area contributed by atoms with E-state index in [1.54, 1.807) is 36.4 Å². The maximum Gasteiger partial charge on any atom is 0.203 e. The molecule has 0 amide bonds. The van der Waals surface area contributed by atoms with Crippen molar-refractivity contribution >= 4 is 11.6 Å². The van der Waals surface area contributed by atoms with Crippen LogP contribution < -0.4 is 4.74 Å².